The number of carbonyl (C=O) groups excluding carboxylic acids is 1. The standard InChI is InChI=1S/C13H21N3O3/c1-10-8-12(14-19-10)9-15-4-6-16(7-5-15)11(2)13(17)18-3/h8,11H,4-7,9H2,1-3H3/t11-/m1/s1. The molecule has 0 saturated carbocycles. The molecule has 1 aliphatic rings. The number of methoxy groups -OCH3 is 1. The normalized spacial score (nSPS) is 19.3. The van der Waals surface area contributed by atoms with Crippen LogP contribution in [0, 0.1) is 6.92 Å². The van der Waals surface area contributed by atoms with Crippen LogP contribution in [0.1, 0.15) is 18.4 Å². The average Bonchev–Trinajstić information content (AvgIpc) is 2.83. The van der Waals surface area contributed by atoms with E-state index < -0.39 is 0 Å². The van der Waals surface area contributed by atoms with Gasteiger partial charge in [-0.25, -0.2) is 0 Å². The Bertz CT molecular complexity index is 425. The summed E-state index contributed by atoms with van der Waals surface area (Å²) in [7, 11) is 1.43. The fourth-order valence-corrected chi connectivity index (χ4v) is 2.35. The van der Waals surface area contributed by atoms with Crippen LogP contribution < -0.4 is 0 Å². The van der Waals surface area contributed by atoms with Gasteiger partial charge in [-0.3, -0.25) is 14.6 Å². The first-order valence-electron chi connectivity index (χ1n) is 6.56. The summed E-state index contributed by atoms with van der Waals surface area (Å²) >= 11 is 0. The zero-order valence-corrected chi connectivity index (χ0v) is 11.8. The SMILES string of the molecule is COC(=O)[C@@H](C)N1CCN(Cc2cc(C)on2)CC1. The molecule has 6 nitrogen and oxygen atoms in total. The van der Waals surface area contributed by atoms with Gasteiger partial charge in [-0.1, -0.05) is 5.16 Å². The highest BCUT2D eigenvalue weighted by molar-refractivity contribution is 5.75. The second kappa shape index (κ2) is 6.16. The summed E-state index contributed by atoms with van der Waals surface area (Å²) < 4.78 is 9.84. The summed E-state index contributed by atoms with van der Waals surface area (Å²) in [6, 6.07) is 1.80. The maximum Gasteiger partial charge on any atom is 0.322 e. The van der Waals surface area contributed by atoms with Gasteiger partial charge in [0.15, 0.2) is 0 Å². The van der Waals surface area contributed by atoms with Crippen molar-refractivity contribution in [3.05, 3.63) is 17.5 Å². The highest BCUT2D eigenvalue weighted by atomic mass is 16.5. The van der Waals surface area contributed by atoms with Crippen LogP contribution in [0.5, 0.6) is 0 Å². The minimum Gasteiger partial charge on any atom is -0.468 e. The molecular formula is C13H21N3O3. The lowest BCUT2D eigenvalue weighted by Gasteiger charge is -2.36. The molecular weight excluding hydrogens is 246 g/mol. The predicted octanol–water partition coefficient (Wildman–Crippen LogP) is 0.662. The van der Waals surface area contributed by atoms with Crippen molar-refractivity contribution in [2.45, 2.75) is 26.4 Å². The smallest absolute Gasteiger partial charge is 0.322 e. The minimum atomic E-state index is -0.166. The third-order valence-corrected chi connectivity index (χ3v) is 3.56. The van der Waals surface area contributed by atoms with E-state index in [1.807, 2.05) is 19.9 Å². The van der Waals surface area contributed by atoms with E-state index in [0.29, 0.717) is 0 Å². The van der Waals surface area contributed by atoms with E-state index in [2.05, 4.69) is 15.0 Å². The fraction of sp³-hybridized carbons (Fsp3) is 0.692. The van der Waals surface area contributed by atoms with Crippen LogP contribution in [0.3, 0.4) is 0 Å². The van der Waals surface area contributed by atoms with Gasteiger partial charge < -0.3 is 9.26 Å². The van der Waals surface area contributed by atoms with Crippen molar-refractivity contribution < 1.29 is 14.1 Å². The van der Waals surface area contributed by atoms with Gasteiger partial charge in [-0.05, 0) is 13.8 Å². The van der Waals surface area contributed by atoms with Gasteiger partial charge in [0.2, 0.25) is 0 Å². The number of esters is 1. The number of nitrogens with zero attached hydrogens (tertiary/aromatic N) is 3. The molecule has 0 aliphatic carbocycles. The predicted molar refractivity (Wildman–Crippen MR) is 69.6 cm³/mol. The second-order valence-corrected chi connectivity index (χ2v) is 4.94. The lowest BCUT2D eigenvalue weighted by atomic mass is 10.2. The van der Waals surface area contributed by atoms with Crippen LogP contribution in [0.4, 0.5) is 0 Å². The summed E-state index contributed by atoms with van der Waals surface area (Å²) in [6.07, 6.45) is 0. The Kier molecular flexibility index (Phi) is 4.55. The second-order valence-electron chi connectivity index (χ2n) is 4.94. The van der Waals surface area contributed by atoms with Gasteiger partial charge in [0.1, 0.15) is 11.8 Å². The molecule has 1 aromatic rings. The van der Waals surface area contributed by atoms with Crippen LogP contribution in [0.15, 0.2) is 10.6 Å². The first kappa shape index (κ1) is 14.0. The van der Waals surface area contributed by atoms with Gasteiger partial charge in [0, 0.05) is 38.8 Å². The van der Waals surface area contributed by atoms with Crippen LogP contribution >= 0.6 is 0 Å². The van der Waals surface area contributed by atoms with Crippen molar-refractivity contribution in [1.82, 2.24) is 15.0 Å². The molecule has 0 bridgehead atoms. The summed E-state index contributed by atoms with van der Waals surface area (Å²) in [5, 5.41) is 4.00. The molecule has 1 saturated heterocycles. The van der Waals surface area contributed by atoms with E-state index in [-0.39, 0.29) is 12.0 Å². The quantitative estimate of drug-likeness (QED) is 0.747. The Morgan fingerprint density at radius 1 is 1.47 bits per heavy atom. The van der Waals surface area contributed by atoms with E-state index in [0.717, 1.165) is 44.2 Å². The van der Waals surface area contributed by atoms with Gasteiger partial charge in [-0.15, -0.1) is 0 Å². The number of rotatable bonds is 4. The van der Waals surface area contributed by atoms with Crippen molar-refractivity contribution in [2.24, 2.45) is 0 Å². The Balaban J connectivity index is 1.80. The Hall–Kier alpha value is -1.40. The maximum atomic E-state index is 11.5. The Morgan fingerprint density at radius 3 is 2.68 bits per heavy atom. The van der Waals surface area contributed by atoms with E-state index in [9.17, 15) is 4.79 Å². The number of hydrogen-bond donors (Lipinski definition) is 0. The molecule has 1 aromatic heterocycles. The number of aryl methyl sites for hydroxylation is 1. The van der Waals surface area contributed by atoms with E-state index in [1.54, 1.807) is 0 Å². The van der Waals surface area contributed by atoms with Crippen molar-refractivity contribution >= 4 is 5.97 Å². The Labute approximate surface area is 113 Å². The fourth-order valence-electron chi connectivity index (χ4n) is 2.35. The molecule has 0 N–H and O–H groups in total. The van der Waals surface area contributed by atoms with Crippen LogP contribution in [0.2, 0.25) is 0 Å². The molecule has 6 heteroatoms. The van der Waals surface area contributed by atoms with E-state index in [4.69, 9.17) is 9.26 Å². The topological polar surface area (TPSA) is 58.8 Å². The average molecular weight is 267 g/mol. The van der Waals surface area contributed by atoms with Gasteiger partial charge in [0.05, 0.1) is 12.8 Å². The van der Waals surface area contributed by atoms with Crippen molar-refractivity contribution in [3.8, 4) is 0 Å². The van der Waals surface area contributed by atoms with Crippen molar-refractivity contribution in [2.75, 3.05) is 33.3 Å². The molecule has 1 atom stereocenters. The summed E-state index contributed by atoms with van der Waals surface area (Å²) in [5.74, 6) is 0.675. The summed E-state index contributed by atoms with van der Waals surface area (Å²) in [4.78, 5) is 16.0. The molecule has 2 rings (SSSR count). The molecule has 1 fully saturated rings. The van der Waals surface area contributed by atoms with E-state index in [1.165, 1.54) is 7.11 Å². The number of carbonyl (C=O) groups is 1. The molecule has 0 aromatic carbocycles. The highest BCUT2D eigenvalue weighted by Gasteiger charge is 2.26. The van der Waals surface area contributed by atoms with Crippen LogP contribution in [-0.2, 0) is 16.1 Å². The monoisotopic (exact) mass is 267 g/mol. The molecule has 19 heavy (non-hydrogen) atoms. The summed E-state index contributed by atoms with van der Waals surface area (Å²) in [6.45, 7) is 8.17. The van der Waals surface area contributed by atoms with E-state index >= 15 is 0 Å². The molecule has 2 heterocycles. The lowest BCUT2D eigenvalue weighted by molar-refractivity contribution is -0.147. The lowest BCUT2D eigenvalue weighted by Crippen LogP contribution is -2.51. The highest BCUT2D eigenvalue weighted by Crippen LogP contribution is 2.11. The number of hydrogen-bond acceptors (Lipinski definition) is 6. The number of piperazine rings is 1. The molecule has 0 radical (unpaired) electrons. The zero-order chi connectivity index (χ0) is 13.8. The maximum absolute atomic E-state index is 11.5. The van der Waals surface area contributed by atoms with Gasteiger partial charge in [0.25, 0.3) is 0 Å². The Morgan fingerprint density at radius 2 is 2.16 bits per heavy atom. The third-order valence-electron chi connectivity index (χ3n) is 3.56. The van der Waals surface area contributed by atoms with Crippen LogP contribution in [0.25, 0.3) is 0 Å². The minimum absolute atomic E-state index is 0.165. The third kappa shape index (κ3) is 3.54. The first-order valence-corrected chi connectivity index (χ1v) is 6.56. The number of ether oxygens (including phenoxy) is 1. The zero-order valence-electron chi connectivity index (χ0n) is 11.8. The summed E-state index contributed by atoms with van der Waals surface area (Å²) in [5.41, 5.74) is 0.965. The largest absolute Gasteiger partial charge is 0.468 e. The molecule has 0 amide bonds. The molecule has 106 valence electrons. The molecule has 0 spiro atoms. The van der Waals surface area contributed by atoms with Crippen molar-refractivity contribution in [1.29, 1.82) is 0 Å². The molecule has 1 aliphatic heterocycles. The van der Waals surface area contributed by atoms with Crippen LogP contribution in [-0.4, -0.2) is 60.3 Å². The van der Waals surface area contributed by atoms with Gasteiger partial charge in [-0.2, -0.15) is 0 Å². The first-order chi connectivity index (χ1) is 9.10. The number of aromatic nitrogens is 1. The van der Waals surface area contributed by atoms with Gasteiger partial charge >= 0.3 is 5.97 Å². The van der Waals surface area contributed by atoms with Crippen molar-refractivity contribution in [3.63, 3.8) is 0 Å². The molecule has 0 unspecified atom stereocenters.